The Bertz CT molecular complexity index is 333. The van der Waals surface area contributed by atoms with Crippen LogP contribution >= 0.6 is 23.7 Å². The first kappa shape index (κ1) is 12.9. The zero-order valence-corrected chi connectivity index (χ0v) is 9.88. The smallest absolute Gasteiger partial charge is 0.206 e. The molecule has 0 bridgehead atoms. The zero-order chi connectivity index (χ0) is 9.19. The first-order valence-electron chi connectivity index (χ1n) is 3.59. The van der Waals surface area contributed by atoms with Gasteiger partial charge in [-0.25, -0.2) is 12.7 Å². The standard InChI is InChI=1S/C7H11NO2S2.ClH/c1-3-8(2)12(9,10)7-5-4-6-11-7;/h4-6H,3H2,1-2H3;1H. The van der Waals surface area contributed by atoms with Crippen molar-refractivity contribution in [2.45, 2.75) is 11.1 Å². The number of sulfonamides is 1. The van der Waals surface area contributed by atoms with Gasteiger partial charge in [-0.15, -0.1) is 23.7 Å². The summed E-state index contributed by atoms with van der Waals surface area (Å²) >= 11 is 1.24. The minimum atomic E-state index is -3.19. The molecule has 0 amide bonds. The molecule has 0 saturated carbocycles. The van der Waals surface area contributed by atoms with Crippen LogP contribution in [0, 0.1) is 0 Å². The summed E-state index contributed by atoms with van der Waals surface area (Å²) in [4.78, 5) is 0. The predicted octanol–water partition coefficient (Wildman–Crippen LogP) is 1.81. The van der Waals surface area contributed by atoms with E-state index in [9.17, 15) is 8.42 Å². The highest BCUT2D eigenvalue weighted by Crippen LogP contribution is 2.19. The van der Waals surface area contributed by atoms with Crippen LogP contribution in [-0.4, -0.2) is 26.3 Å². The average Bonchev–Trinajstić information content (AvgIpc) is 2.55. The van der Waals surface area contributed by atoms with Gasteiger partial charge in [0, 0.05) is 13.6 Å². The van der Waals surface area contributed by atoms with Crippen LogP contribution < -0.4 is 0 Å². The van der Waals surface area contributed by atoms with Gasteiger partial charge in [-0.05, 0) is 11.4 Å². The van der Waals surface area contributed by atoms with Gasteiger partial charge in [0.25, 0.3) is 10.0 Å². The molecule has 0 fully saturated rings. The molecule has 0 aliphatic rings. The van der Waals surface area contributed by atoms with Crippen LogP contribution in [0.2, 0.25) is 0 Å². The summed E-state index contributed by atoms with van der Waals surface area (Å²) in [6.07, 6.45) is 0. The lowest BCUT2D eigenvalue weighted by Crippen LogP contribution is -2.25. The Morgan fingerprint density at radius 3 is 2.54 bits per heavy atom. The van der Waals surface area contributed by atoms with Gasteiger partial charge in [0.1, 0.15) is 4.21 Å². The summed E-state index contributed by atoms with van der Waals surface area (Å²) in [5.41, 5.74) is 0. The normalized spacial score (nSPS) is 11.3. The molecule has 0 unspecified atom stereocenters. The maximum atomic E-state index is 11.6. The molecule has 1 aromatic heterocycles. The zero-order valence-electron chi connectivity index (χ0n) is 7.43. The van der Waals surface area contributed by atoms with Crippen LogP contribution in [0.25, 0.3) is 0 Å². The van der Waals surface area contributed by atoms with Crippen molar-refractivity contribution in [3.63, 3.8) is 0 Å². The topological polar surface area (TPSA) is 37.4 Å². The van der Waals surface area contributed by atoms with E-state index in [0.29, 0.717) is 10.8 Å². The van der Waals surface area contributed by atoms with E-state index in [1.807, 2.05) is 6.92 Å². The highest BCUT2D eigenvalue weighted by atomic mass is 35.5. The Morgan fingerprint density at radius 2 is 2.15 bits per heavy atom. The average molecular weight is 242 g/mol. The fraction of sp³-hybridized carbons (Fsp3) is 0.429. The third-order valence-electron chi connectivity index (χ3n) is 1.60. The van der Waals surface area contributed by atoms with E-state index < -0.39 is 10.0 Å². The van der Waals surface area contributed by atoms with Crippen LogP contribution in [0.1, 0.15) is 6.92 Å². The van der Waals surface area contributed by atoms with Gasteiger partial charge in [-0.3, -0.25) is 0 Å². The summed E-state index contributed by atoms with van der Waals surface area (Å²) in [7, 11) is -1.62. The number of rotatable bonds is 3. The molecule has 1 aromatic rings. The molecule has 13 heavy (non-hydrogen) atoms. The van der Waals surface area contributed by atoms with Gasteiger partial charge >= 0.3 is 0 Å². The molecular weight excluding hydrogens is 230 g/mol. The van der Waals surface area contributed by atoms with Crippen molar-refractivity contribution in [2.24, 2.45) is 0 Å². The largest absolute Gasteiger partial charge is 0.252 e. The second-order valence-electron chi connectivity index (χ2n) is 2.35. The molecule has 6 heteroatoms. The molecule has 0 N–H and O–H groups in total. The molecule has 0 saturated heterocycles. The molecule has 3 nitrogen and oxygen atoms in total. The second-order valence-corrected chi connectivity index (χ2v) is 5.57. The van der Waals surface area contributed by atoms with Crippen LogP contribution in [-0.2, 0) is 10.0 Å². The lowest BCUT2D eigenvalue weighted by molar-refractivity contribution is 0.488. The van der Waals surface area contributed by atoms with Crippen molar-refractivity contribution in [1.82, 2.24) is 4.31 Å². The van der Waals surface area contributed by atoms with Gasteiger partial charge in [0.05, 0.1) is 0 Å². The van der Waals surface area contributed by atoms with Crippen LogP contribution in [0.4, 0.5) is 0 Å². The molecule has 0 aliphatic heterocycles. The molecule has 0 atom stereocenters. The first-order valence-corrected chi connectivity index (χ1v) is 5.91. The van der Waals surface area contributed by atoms with Gasteiger partial charge < -0.3 is 0 Å². The monoisotopic (exact) mass is 241 g/mol. The Morgan fingerprint density at radius 1 is 1.54 bits per heavy atom. The van der Waals surface area contributed by atoms with E-state index >= 15 is 0 Å². The minimum absolute atomic E-state index is 0. The van der Waals surface area contributed by atoms with E-state index in [1.54, 1.807) is 24.6 Å². The Labute approximate surface area is 88.8 Å². The number of halogens is 1. The van der Waals surface area contributed by atoms with Crippen LogP contribution in [0.3, 0.4) is 0 Å². The molecule has 1 rings (SSSR count). The van der Waals surface area contributed by atoms with E-state index in [0.717, 1.165) is 0 Å². The maximum absolute atomic E-state index is 11.6. The Balaban J connectivity index is 0.00000144. The van der Waals surface area contributed by atoms with Crippen molar-refractivity contribution in [3.8, 4) is 0 Å². The molecule has 0 radical (unpaired) electrons. The summed E-state index contributed by atoms with van der Waals surface area (Å²) in [6.45, 7) is 2.31. The fourth-order valence-electron chi connectivity index (χ4n) is 0.734. The third kappa shape index (κ3) is 2.67. The first-order chi connectivity index (χ1) is 5.59. The number of hydrogen-bond donors (Lipinski definition) is 0. The van der Waals surface area contributed by atoms with Gasteiger partial charge in [-0.2, -0.15) is 0 Å². The SMILES string of the molecule is CCN(C)S(=O)(=O)c1cccs1.Cl. The number of thiophene rings is 1. The second kappa shape index (κ2) is 4.95. The molecule has 1 heterocycles. The van der Waals surface area contributed by atoms with Crippen molar-refractivity contribution < 1.29 is 8.42 Å². The maximum Gasteiger partial charge on any atom is 0.252 e. The minimum Gasteiger partial charge on any atom is -0.206 e. The predicted molar refractivity (Wildman–Crippen MR) is 57.1 cm³/mol. The van der Waals surface area contributed by atoms with Gasteiger partial charge in [0.2, 0.25) is 0 Å². The lowest BCUT2D eigenvalue weighted by Gasteiger charge is -2.12. The molecule has 0 aliphatic carbocycles. The highest BCUT2D eigenvalue weighted by Gasteiger charge is 2.19. The number of nitrogens with zero attached hydrogens (tertiary/aromatic N) is 1. The van der Waals surface area contributed by atoms with E-state index in [-0.39, 0.29) is 12.4 Å². The van der Waals surface area contributed by atoms with E-state index in [1.165, 1.54) is 15.6 Å². The van der Waals surface area contributed by atoms with Crippen LogP contribution in [0.15, 0.2) is 21.7 Å². The molecule has 0 aromatic carbocycles. The third-order valence-corrected chi connectivity index (χ3v) is 4.91. The van der Waals surface area contributed by atoms with Crippen molar-refractivity contribution >= 4 is 33.8 Å². The number of hydrogen-bond acceptors (Lipinski definition) is 3. The van der Waals surface area contributed by atoms with E-state index in [2.05, 4.69) is 0 Å². The lowest BCUT2D eigenvalue weighted by atomic mass is 10.7. The van der Waals surface area contributed by atoms with Gasteiger partial charge in [0.15, 0.2) is 0 Å². The van der Waals surface area contributed by atoms with Crippen molar-refractivity contribution in [2.75, 3.05) is 13.6 Å². The summed E-state index contributed by atoms with van der Waals surface area (Å²) in [5.74, 6) is 0. The molecule has 0 spiro atoms. The fourth-order valence-corrected chi connectivity index (χ4v) is 3.11. The Kier molecular flexibility index (Phi) is 4.91. The molecule has 76 valence electrons. The van der Waals surface area contributed by atoms with Crippen LogP contribution in [0.5, 0.6) is 0 Å². The van der Waals surface area contributed by atoms with Gasteiger partial charge in [-0.1, -0.05) is 13.0 Å². The molecular formula is C7H12ClNO2S2. The van der Waals surface area contributed by atoms with Crippen molar-refractivity contribution in [3.05, 3.63) is 17.5 Å². The van der Waals surface area contributed by atoms with E-state index in [4.69, 9.17) is 0 Å². The quantitative estimate of drug-likeness (QED) is 0.810. The van der Waals surface area contributed by atoms with Crippen molar-refractivity contribution in [1.29, 1.82) is 0 Å². The summed E-state index contributed by atoms with van der Waals surface area (Å²) < 4.78 is 24.9. The summed E-state index contributed by atoms with van der Waals surface area (Å²) in [6, 6.07) is 3.35. The summed E-state index contributed by atoms with van der Waals surface area (Å²) in [5, 5.41) is 1.76. The highest BCUT2D eigenvalue weighted by molar-refractivity contribution is 7.91. The Hall–Kier alpha value is -0.100.